The minimum absolute atomic E-state index is 0.292. The van der Waals surface area contributed by atoms with Gasteiger partial charge in [-0.2, -0.15) is 0 Å². The summed E-state index contributed by atoms with van der Waals surface area (Å²) >= 11 is 5.90. The molecule has 0 fully saturated rings. The van der Waals surface area contributed by atoms with E-state index in [2.05, 4.69) is 6.08 Å². The highest BCUT2D eigenvalue weighted by atomic mass is 35.5. The van der Waals surface area contributed by atoms with Gasteiger partial charge in [-0.05, 0) is 43.4 Å². The lowest BCUT2D eigenvalue weighted by Gasteiger charge is -2.11. The molecule has 90 valence electrons. The molecule has 17 heavy (non-hydrogen) atoms. The summed E-state index contributed by atoms with van der Waals surface area (Å²) < 4.78 is 0. The minimum Gasteiger partial charge on any atom is -0.299 e. The Balaban J connectivity index is 1.91. The quantitative estimate of drug-likeness (QED) is 0.725. The van der Waals surface area contributed by atoms with Crippen LogP contribution in [-0.2, 0) is 11.2 Å². The van der Waals surface area contributed by atoms with Crippen molar-refractivity contribution in [1.82, 2.24) is 0 Å². The monoisotopic (exact) mass is 248 g/mol. The largest absolute Gasteiger partial charge is 0.299 e. The second-order valence-electron chi connectivity index (χ2n) is 4.63. The van der Waals surface area contributed by atoms with Crippen molar-refractivity contribution < 1.29 is 4.79 Å². The molecular weight excluding hydrogens is 232 g/mol. The predicted octanol–water partition coefficient (Wildman–Crippen LogP) is 4.34. The van der Waals surface area contributed by atoms with Crippen LogP contribution in [0.5, 0.6) is 0 Å². The lowest BCUT2D eigenvalue weighted by atomic mass is 9.94. The Morgan fingerprint density at radius 3 is 2.82 bits per heavy atom. The van der Waals surface area contributed by atoms with Crippen LogP contribution in [0.1, 0.15) is 37.7 Å². The zero-order chi connectivity index (χ0) is 12.1. The first-order valence-electron chi connectivity index (χ1n) is 6.18. The standard InChI is InChI=1S/C15H17ClO/c16-14-8-4-7-13(9-14)11-15(17)10-12-5-2-1-3-6-12/h4-5,7-9H,1-3,6,10-11H2. The molecule has 2 heteroatoms. The molecule has 0 heterocycles. The summed E-state index contributed by atoms with van der Waals surface area (Å²) in [5.41, 5.74) is 2.34. The van der Waals surface area contributed by atoms with Gasteiger partial charge in [-0.15, -0.1) is 0 Å². The third kappa shape index (κ3) is 4.01. The molecule has 2 rings (SSSR count). The molecule has 0 radical (unpaired) electrons. The second kappa shape index (κ2) is 6.02. The molecule has 0 unspecified atom stereocenters. The number of rotatable bonds is 4. The Morgan fingerprint density at radius 2 is 2.12 bits per heavy atom. The van der Waals surface area contributed by atoms with Crippen LogP contribution in [0.25, 0.3) is 0 Å². The van der Waals surface area contributed by atoms with E-state index in [9.17, 15) is 4.79 Å². The summed E-state index contributed by atoms with van der Waals surface area (Å²) in [6, 6.07) is 7.55. The molecule has 0 amide bonds. The van der Waals surface area contributed by atoms with E-state index in [4.69, 9.17) is 11.6 Å². The lowest BCUT2D eigenvalue weighted by molar-refractivity contribution is -0.117. The van der Waals surface area contributed by atoms with Crippen LogP contribution >= 0.6 is 11.6 Å². The van der Waals surface area contributed by atoms with E-state index < -0.39 is 0 Å². The number of Topliss-reactive ketones (excluding diaryl/α,β-unsaturated/α-hetero) is 1. The van der Waals surface area contributed by atoms with Crippen molar-refractivity contribution in [2.24, 2.45) is 0 Å². The molecule has 0 N–H and O–H groups in total. The summed E-state index contributed by atoms with van der Waals surface area (Å²) in [6.07, 6.45) is 8.09. The van der Waals surface area contributed by atoms with Gasteiger partial charge in [0.2, 0.25) is 0 Å². The molecule has 0 saturated heterocycles. The van der Waals surface area contributed by atoms with Gasteiger partial charge < -0.3 is 0 Å². The molecule has 1 aliphatic carbocycles. The van der Waals surface area contributed by atoms with Crippen molar-refractivity contribution in [3.05, 3.63) is 46.5 Å². The minimum atomic E-state index is 0.292. The summed E-state index contributed by atoms with van der Waals surface area (Å²) in [5.74, 6) is 0.292. The number of ketones is 1. The average Bonchev–Trinajstić information content (AvgIpc) is 2.30. The fourth-order valence-corrected chi connectivity index (χ4v) is 2.47. The number of hydrogen-bond acceptors (Lipinski definition) is 1. The van der Waals surface area contributed by atoms with Crippen LogP contribution in [0.4, 0.5) is 0 Å². The van der Waals surface area contributed by atoms with E-state index in [1.807, 2.05) is 24.3 Å². The van der Waals surface area contributed by atoms with Crippen molar-refractivity contribution in [3.8, 4) is 0 Å². The lowest BCUT2D eigenvalue weighted by Crippen LogP contribution is -2.05. The first kappa shape index (κ1) is 12.4. The molecule has 0 spiro atoms. The fourth-order valence-electron chi connectivity index (χ4n) is 2.26. The molecule has 1 nitrogen and oxygen atoms in total. The van der Waals surface area contributed by atoms with E-state index in [1.165, 1.54) is 18.4 Å². The molecular formula is C15H17ClO. The van der Waals surface area contributed by atoms with E-state index >= 15 is 0 Å². The number of allylic oxidation sites excluding steroid dienone is 2. The van der Waals surface area contributed by atoms with Crippen LogP contribution in [0, 0.1) is 0 Å². The summed E-state index contributed by atoms with van der Waals surface area (Å²) in [5, 5.41) is 0.701. The Morgan fingerprint density at radius 1 is 1.24 bits per heavy atom. The van der Waals surface area contributed by atoms with Crippen LogP contribution in [0.15, 0.2) is 35.9 Å². The molecule has 1 aromatic carbocycles. The van der Waals surface area contributed by atoms with Crippen LogP contribution in [0.3, 0.4) is 0 Å². The van der Waals surface area contributed by atoms with Crippen LogP contribution < -0.4 is 0 Å². The van der Waals surface area contributed by atoms with Crippen molar-refractivity contribution in [3.63, 3.8) is 0 Å². The highest BCUT2D eigenvalue weighted by molar-refractivity contribution is 6.30. The van der Waals surface area contributed by atoms with Gasteiger partial charge in [-0.1, -0.05) is 35.4 Å². The zero-order valence-electron chi connectivity index (χ0n) is 9.92. The normalized spacial score (nSPS) is 15.5. The van der Waals surface area contributed by atoms with Gasteiger partial charge in [0.1, 0.15) is 5.78 Å². The third-order valence-electron chi connectivity index (χ3n) is 3.10. The first-order chi connectivity index (χ1) is 8.24. The van der Waals surface area contributed by atoms with Crippen molar-refractivity contribution in [1.29, 1.82) is 0 Å². The van der Waals surface area contributed by atoms with Gasteiger partial charge in [0.15, 0.2) is 0 Å². The smallest absolute Gasteiger partial charge is 0.141 e. The molecule has 1 aliphatic rings. The Bertz CT molecular complexity index is 434. The van der Waals surface area contributed by atoms with E-state index in [0.29, 0.717) is 23.6 Å². The summed E-state index contributed by atoms with van der Waals surface area (Å²) in [6.45, 7) is 0. The highest BCUT2D eigenvalue weighted by Crippen LogP contribution is 2.21. The van der Waals surface area contributed by atoms with Gasteiger partial charge in [0.25, 0.3) is 0 Å². The maximum atomic E-state index is 11.9. The molecule has 0 bridgehead atoms. The van der Waals surface area contributed by atoms with Crippen molar-refractivity contribution >= 4 is 17.4 Å². The molecule has 0 atom stereocenters. The molecule has 1 aromatic rings. The summed E-state index contributed by atoms with van der Waals surface area (Å²) in [7, 11) is 0. The molecule has 0 aromatic heterocycles. The Labute approximate surface area is 107 Å². The number of halogens is 1. The SMILES string of the molecule is O=C(CC1=CCCCC1)Cc1cccc(Cl)c1. The zero-order valence-corrected chi connectivity index (χ0v) is 10.7. The fraction of sp³-hybridized carbons (Fsp3) is 0.400. The maximum Gasteiger partial charge on any atom is 0.141 e. The molecule has 0 saturated carbocycles. The number of carbonyl (C=O) groups is 1. The number of benzene rings is 1. The van der Waals surface area contributed by atoms with Gasteiger partial charge in [-0.3, -0.25) is 4.79 Å². The number of carbonyl (C=O) groups excluding carboxylic acids is 1. The first-order valence-corrected chi connectivity index (χ1v) is 6.56. The van der Waals surface area contributed by atoms with Gasteiger partial charge >= 0.3 is 0 Å². The van der Waals surface area contributed by atoms with Gasteiger partial charge in [0.05, 0.1) is 0 Å². The second-order valence-corrected chi connectivity index (χ2v) is 5.07. The van der Waals surface area contributed by atoms with E-state index in [0.717, 1.165) is 18.4 Å². The number of hydrogen-bond donors (Lipinski definition) is 0. The van der Waals surface area contributed by atoms with Crippen LogP contribution in [0.2, 0.25) is 5.02 Å². The molecule has 0 aliphatic heterocycles. The van der Waals surface area contributed by atoms with E-state index in [-0.39, 0.29) is 0 Å². The average molecular weight is 249 g/mol. The topological polar surface area (TPSA) is 17.1 Å². The maximum absolute atomic E-state index is 11.9. The predicted molar refractivity (Wildman–Crippen MR) is 71.3 cm³/mol. The highest BCUT2D eigenvalue weighted by Gasteiger charge is 2.09. The Hall–Kier alpha value is -1.08. The van der Waals surface area contributed by atoms with Crippen molar-refractivity contribution in [2.75, 3.05) is 0 Å². The third-order valence-corrected chi connectivity index (χ3v) is 3.33. The van der Waals surface area contributed by atoms with Gasteiger partial charge in [0, 0.05) is 17.9 Å². The Kier molecular flexibility index (Phi) is 4.38. The van der Waals surface area contributed by atoms with Crippen LogP contribution in [-0.4, -0.2) is 5.78 Å². The van der Waals surface area contributed by atoms with Crippen molar-refractivity contribution in [2.45, 2.75) is 38.5 Å². The summed E-state index contributed by atoms with van der Waals surface area (Å²) in [4.78, 5) is 11.9. The van der Waals surface area contributed by atoms with Gasteiger partial charge in [-0.25, -0.2) is 0 Å². The van der Waals surface area contributed by atoms with E-state index in [1.54, 1.807) is 0 Å².